The predicted molar refractivity (Wildman–Crippen MR) is 101 cm³/mol. The van der Waals surface area contributed by atoms with Crippen molar-refractivity contribution >= 4 is 16.7 Å². The summed E-state index contributed by atoms with van der Waals surface area (Å²) in [6, 6.07) is 12.5. The topological polar surface area (TPSA) is 107 Å². The van der Waals surface area contributed by atoms with Gasteiger partial charge in [-0.15, -0.1) is 4.73 Å². The van der Waals surface area contributed by atoms with Crippen LogP contribution in [0.15, 0.2) is 42.5 Å². The van der Waals surface area contributed by atoms with Crippen molar-refractivity contribution in [3.8, 4) is 17.3 Å². The Labute approximate surface area is 160 Å². The number of nitrogens with two attached hydrogens (primary N) is 1. The summed E-state index contributed by atoms with van der Waals surface area (Å²) >= 11 is 0. The molecule has 2 heterocycles. The molecule has 1 fully saturated rings. The van der Waals surface area contributed by atoms with Crippen LogP contribution in [0.4, 0.5) is 10.1 Å². The highest BCUT2D eigenvalue weighted by atomic mass is 19.1. The number of hydrogen-bond donors (Lipinski definition) is 1. The van der Waals surface area contributed by atoms with Crippen molar-refractivity contribution in [2.45, 2.75) is 18.9 Å². The fraction of sp³-hybridized carbons (Fsp3) is 0.250. The van der Waals surface area contributed by atoms with Gasteiger partial charge in [0, 0.05) is 25.2 Å². The molecule has 1 aliphatic rings. The van der Waals surface area contributed by atoms with Crippen LogP contribution in [0.1, 0.15) is 18.5 Å². The lowest BCUT2D eigenvalue weighted by molar-refractivity contribution is -0.622. The molecule has 0 radical (unpaired) electrons. The summed E-state index contributed by atoms with van der Waals surface area (Å²) in [5, 5.41) is 35.4. The lowest BCUT2D eigenvalue weighted by Crippen LogP contribution is -2.45. The van der Waals surface area contributed by atoms with Crippen LogP contribution in [0.2, 0.25) is 0 Å². The predicted octanol–water partition coefficient (Wildman–Crippen LogP) is 1.71. The van der Waals surface area contributed by atoms with E-state index in [0.717, 1.165) is 18.9 Å². The summed E-state index contributed by atoms with van der Waals surface area (Å²) in [6.45, 7) is 1.07. The van der Waals surface area contributed by atoms with Gasteiger partial charge in [0.25, 0.3) is 11.0 Å². The van der Waals surface area contributed by atoms with Crippen molar-refractivity contribution < 1.29 is 13.9 Å². The van der Waals surface area contributed by atoms with Crippen molar-refractivity contribution in [1.29, 1.82) is 5.26 Å². The van der Waals surface area contributed by atoms with Crippen LogP contribution in [-0.4, -0.2) is 19.1 Å². The third-order valence-electron chi connectivity index (χ3n) is 5.06. The number of benzene rings is 2. The van der Waals surface area contributed by atoms with Gasteiger partial charge in [-0.25, -0.2) is 4.39 Å². The standard InChI is InChI=1S/C20H18FN5O2/c21-15-9-17-18(10-16(15)24-8-4-7-14(23)12-24)25(27)19(11-22)20(26(17)28)13-5-2-1-3-6-13/h1-3,5-6,9-10,14H,4,7-8,12,23H2. The minimum absolute atomic E-state index is 0.0539. The van der Waals surface area contributed by atoms with Crippen LogP contribution in [0, 0.1) is 27.6 Å². The van der Waals surface area contributed by atoms with E-state index in [4.69, 9.17) is 5.73 Å². The summed E-state index contributed by atoms with van der Waals surface area (Å²) in [6.07, 6.45) is 1.67. The molecule has 2 N–H and O–H groups in total. The average Bonchev–Trinajstić information content (AvgIpc) is 2.70. The maximum atomic E-state index is 14.8. The number of nitrogens with zero attached hydrogens (tertiary/aromatic N) is 4. The molecule has 0 spiro atoms. The maximum Gasteiger partial charge on any atom is 0.369 e. The smallest absolute Gasteiger partial charge is 0.369 e. The fourth-order valence-corrected chi connectivity index (χ4v) is 3.72. The first-order valence-corrected chi connectivity index (χ1v) is 8.99. The van der Waals surface area contributed by atoms with E-state index in [9.17, 15) is 20.1 Å². The molecule has 1 atom stereocenters. The van der Waals surface area contributed by atoms with Gasteiger partial charge in [0.2, 0.25) is 0 Å². The normalized spacial score (nSPS) is 16.9. The number of anilines is 1. The Hall–Kier alpha value is -3.44. The van der Waals surface area contributed by atoms with E-state index in [0.29, 0.717) is 28.1 Å². The number of piperidine rings is 1. The van der Waals surface area contributed by atoms with Crippen molar-refractivity contribution in [2.75, 3.05) is 18.0 Å². The zero-order valence-electron chi connectivity index (χ0n) is 15.0. The Bertz CT molecular complexity index is 1100. The van der Waals surface area contributed by atoms with Gasteiger partial charge in [0.05, 0.1) is 17.3 Å². The van der Waals surface area contributed by atoms with E-state index in [-0.39, 0.29) is 34.2 Å². The summed E-state index contributed by atoms with van der Waals surface area (Å²) in [5.41, 5.74) is 5.99. The van der Waals surface area contributed by atoms with Crippen molar-refractivity contribution in [2.24, 2.45) is 5.73 Å². The first-order valence-electron chi connectivity index (χ1n) is 8.99. The van der Waals surface area contributed by atoms with Gasteiger partial charge in [0.15, 0.2) is 11.9 Å². The molecule has 7 nitrogen and oxygen atoms in total. The van der Waals surface area contributed by atoms with Crippen LogP contribution in [0.3, 0.4) is 0 Å². The van der Waals surface area contributed by atoms with E-state index < -0.39 is 5.82 Å². The van der Waals surface area contributed by atoms with Crippen molar-refractivity contribution in [3.05, 3.63) is 64.4 Å². The number of rotatable bonds is 2. The molecule has 0 amide bonds. The molecule has 0 saturated carbocycles. The Morgan fingerprint density at radius 3 is 2.54 bits per heavy atom. The Kier molecular flexibility index (Phi) is 4.45. The van der Waals surface area contributed by atoms with Crippen molar-refractivity contribution in [1.82, 2.24) is 0 Å². The molecule has 1 saturated heterocycles. The minimum Gasteiger partial charge on any atom is -0.617 e. The van der Waals surface area contributed by atoms with Crippen LogP contribution in [0.5, 0.6) is 0 Å². The van der Waals surface area contributed by atoms with E-state index in [1.807, 2.05) is 6.07 Å². The molecule has 1 aromatic heterocycles. The lowest BCUT2D eigenvalue weighted by atomic mass is 10.1. The minimum atomic E-state index is -0.602. The summed E-state index contributed by atoms with van der Waals surface area (Å²) in [5.74, 6) is -0.602. The Morgan fingerprint density at radius 2 is 1.86 bits per heavy atom. The van der Waals surface area contributed by atoms with Gasteiger partial charge in [-0.2, -0.15) is 9.99 Å². The Balaban J connectivity index is 1.96. The summed E-state index contributed by atoms with van der Waals surface area (Å²) < 4.78 is 15.7. The highest BCUT2D eigenvalue weighted by Gasteiger charge is 2.32. The van der Waals surface area contributed by atoms with E-state index in [1.165, 1.54) is 6.07 Å². The molecule has 1 unspecified atom stereocenters. The van der Waals surface area contributed by atoms with Gasteiger partial charge in [-0.3, -0.25) is 0 Å². The zero-order chi connectivity index (χ0) is 19.8. The molecular weight excluding hydrogens is 361 g/mol. The SMILES string of the molecule is N#Cc1c(-c2ccccc2)[n+]([O-])c2cc(F)c(N3CCCC(N)C3)cc2[n+]1[O-]. The highest BCUT2D eigenvalue weighted by molar-refractivity contribution is 5.76. The molecule has 0 bridgehead atoms. The Morgan fingerprint density at radius 1 is 1.14 bits per heavy atom. The molecule has 8 heteroatoms. The van der Waals surface area contributed by atoms with Gasteiger partial charge in [-0.1, -0.05) is 18.2 Å². The molecule has 3 aromatic rings. The van der Waals surface area contributed by atoms with Crippen LogP contribution in [0.25, 0.3) is 22.3 Å². The van der Waals surface area contributed by atoms with Gasteiger partial charge < -0.3 is 21.0 Å². The second-order valence-electron chi connectivity index (χ2n) is 6.90. The molecule has 1 aliphatic heterocycles. The van der Waals surface area contributed by atoms with E-state index in [2.05, 4.69) is 0 Å². The van der Waals surface area contributed by atoms with Gasteiger partial charge in [0.1, 0.15) is 0 Å². The first kappa shape index (κ1) is 17.9. The van der Waals surface area contributed by atoms with Crippen LogP contribution in [-0.2, 0) is 0 Å². The van der Waals surface area contributed by atoms with Crippen LogP contribution < -0.4 is 20.1 Å². The molecule has 142 valence electrons. The number of hydrogen-bond acceptors (Lipinski definition) is 5. The molecule has 4 rings (SSSR count). The number of halogens is 1. The number of aromatic nitrogens is 2. The highest BCUT2D eigenvalue weighted by Crippen LogP contribution is 2.27. The van der Waals surface area contributed by atoms with E-state index >= 15 is 0 Å². The van der Waals surface area contributed by atoms with E-state index in [1.54, 1.807) is 35.2 Å². The first-order chi connectivity index (χ1) is 13.5. The number of fused-ring (bicyclic) bond motifs is 1. The second kappa shape index (κ2) is 6.94. The van der Waals surface area contributed by atoms with Gasteiger partial charge >= 0.3 is 11.4 Å². The molecule has 0 aliphatic carbocycles. The quantitative estimate of drug-likeness (QED) is 0.539. The monoisotopic (exact) mass is 379 g/mol. The summed E-state index contributed by atoms with van der Waals surface area (Å²) in [7, 11) is 0. The molecular formula is C20H18FN5O2. The third kappa shape index (κ3) is 2.86. The van der Waals surface area contributed by atoms with Crippen LogP contribution >= 0.6 is 0 Å². The third-order valence-corrected chi connectivity index (χ3v) is 5.06. The molecule has 28 heavy (non-hydrogen) atoms. The number of nitriles is 1. The maximum absolute atomic E-state index is 14.8. The van der Waals surface area contributed by atoms with Gasteiger partial charge in [-0.05, 0) is 25.0 Å². The lowest BCUT2D eigenvalue weighted by Gasteiger charge is -2.32. The molecule has 2 aromatic carbocycles. The average molecular weight is 379 g/mol. The second-order valence-corrected chi connectivity index (χ2v) is 6.90. The zero-order valence-corrected chi connectivity index (χ0v) is 15.0. The van der Waals surface area contributed by atoms with Crippen molar-refractivity contribution in [3.63, 3.8) is 0 Å². The summed E-state index contributed by atoms with van der Waals surface area (Å²) in [4.78, 5) is 1.77. The fourth-order valence-electron chi connectivity index (χ4n) is 3.72. The largest absolute Gasteiger partial charge is 0.617 e.